The zero-order valence-corrected chi connectivity index (χ0v) is 13.2. The first-order valence-corrected chi connectivity index (χ1v) is 7.68. The van der Waals surface area contributed by atoms with Crippen LogP contribution in [0.1, 0.15) is 26.7 Å². The van der Waals surface area contributed by atoms with Crippen LogP contribution in [0.2, 0.25) is 0 Å². The van der Waals surface area contributed by atoms with E-state index in [1.54, 1.807) is 6.33 Å². The molecule has 1 aliphatic heterocycles. The van der Waals surface area contributed by atoms with Crippen molar-refractivity contribution in [2.45, 2.75) is 32.7 Å². The summed E-state index contributed by atoms with van der Waals surface area (Å²) in [5.41, 5.74) is 0. The van der Waals surface area contributed by atoms with Crippen molar-refractivity contribution in [3.05, 3.63) is 16.1 Å². The molecule has 100 valence electrons. The topological polar surface area (TPSA) is 41.0 Å². The molecule has 1 aromatic heterocycles. The molecule has 1 fully saturated rings. The largest absolute Gasteiger partial charge is 0.354 e. The second kappa shape index (κ2) is 6.65. The summed E-state index contributed by atoms with van der Waals surface area (Å²) in [5.74, 6) is 1.71. The third kappa shape index (κ3) is 3.78. The Labute approximate surface area is 123 Å². The van der Waals surface area contributed by atoms with E-state index in [0.29, 0.717) is 12.0 Å². The third-order valence-corrected chi connectivity index (χ3v) is 3.90. The molecule has 0 radical (unpaired) electrons. The third-order valence-electron chi connectivity index (χ3n) is 3.14. The maximum Gasteiger partial charge on any atom is 0.145 e. The normalized spacial score (nSPS) is 19.4. The smallest absolute Gasteiger partial charge is 0.145 e. The SMILES string of the molecule is CC(C)CN(CC1CCCN1)c1ncncc1I. The second-order valence-electron chi connectivity index (χ2n) is 5.29. The number of aromatic nitrogens is 2. The predicted octanol–water partition coefficient (Wildman–Crippen LogP) is 2.30. The fraction of sp³-hybridized carbons (Fsp3) is 0.692. The van der Waals surface area contributed by atoms with E-state index in [2.05, 4.69) is 56.6 Å². The van der Waals surface area contributed by atoms with Gasteiger partial charge in [0.15, 0.2) is 0 Å². The highest BCUT2D eigenvalue weighted by molar-refractivity contribution is 14.1. The number of anilines is 1. The molecular formula is C13H21IN4. The minimum absolute atomic E-state index is 0.606. The number of rotatable bonds is 5. The molecule has 1 saturated heterocycles. The van der Waals surface area contributed by atoms with E-state index in [1.165, 1.54) is 12.8 Å². The highest BCUT2D eigenvalue weighted by atomic mass is 127. The highest BCUT2D eigenvalue weighted by Gasteiger charge is 2.20. The van der Waals surface area contributed by atoms with Crippen LogP contribution in [-0.2, 0) is 0 Å². The molecular weight excluding hydrogens is 339 g/mol. The zero-order valence-electron chi connectivity index (χ0n) is 11.1. The summed E-state index contributed by atoms with van der Waals surface area (Å²) < 4.78 is 1.13. The summed E-state index contributed by atoms with van der Waals surface area (Å²) in [7, 11) is 0. The van der Waals surface area contributed by atoms with Gasteiger partial charge in [-0.25, -0.2) is 9.97 Å². The van der Waals surface area contributed by atoms with Gasteiger partial charge in [0.25, 0.3) is 0 Å². The molecule has 1 aromatic rings. The summed E-state index contributed by atoms with van der Waals surface area (Å²) in [6, 6.07) is 0.606. The summed E-state index contributed by atoms with van der Waals surface area (Å²) >= 11 is 2.32. The molecule has 0 aliphatic carbocycles. The van der Waals surface area contributed by atoms with Crippen molar-refractivity contribution < 1.29 is 0 Å². The van der Waals surface area contributed by atoms with Crippen LogP contribution in [-0.4, -0.2) is 35.6 Å². The quantitative estimate of drug-likeness (QED) is 0.819. The predicted molar refractivity (Wildman–Crippen MR) is 82.8 cm³/mol. The molecule has 18 heavy (non-hydrogen) atoms. The lowest BCUT2D eigenvalue weighted by Crippen LogP contribution is -2.40. The van der Waals surface area contributed by atoms with Crippen LogP contribution < -0.4 is 10.2 Å². The molecule has 2 heterocycles. The van der Waals surface area contributed by atoms with Crippen molar-refractivity contribution >= 4 is 28.4 Å². The van der Waals surface area contributed by atoms with Crippen LogP contribution in [0.5, 0.6) is 0 Å². The lowest BCUT2D eigenvalue weighted by Gasteiger charge is -2.29. The molecule has 1 aliphatic rings. The van der Waals surface area contributed by atoms with E-state index in [-0.39, 0.29) is 0 Å². The monoisotopic (exact) mass is 360 g/mol. The van der Waals surface area contributed by atoms with Crippen molar-refractivity contribution in [1.29, 1.82) is 0 Å². The van der Waals surface area contributed by atoms with Crippen molar-refractivity contribution in [2.75, 3.05) is 24.5 Å². The summed E-state index contributed by atoms with van der Waals surface area (Å²) in [4.78, 5) is 10.9. The number of nitrogens with zero attached hydrogens (tertiary/aromatic N) is 3. The first-order valence-electron chi connectivity index (χ1n) is 6.60. The number of hydrogen-bond donors (Lipinski definition) is 1. The number of nitrogens with one attached hydrogen (secondary N) is 1. The average molecular weight is 360 g/mol. The van der Waals surface area contributed by atoms with E-state index >= 15 is 0 Å². The summed E-state index contributed by atoms with van der Waals surface area (Å²) in [5, 5.41) is 3.56. The maximum absolute atomic E-state index is 4.45. The van der Waals surface area contributed by atoms with Crippen molar-refractivity contribution in [1.82, 2.24) is 15.3 Å². The number of halogens is 1. The van der Waals surface area contributed by atoms with Crippen molar-refractivity contribution in [2.24, 2.45) is 5.92 Å². The Morgan fingerprint density at radius 3 is 3.00 bits per heavy atom. The van der Waals surface area contributed by atoms with Crippen LogP contribution in [0.4, 0.5) is 5.82 Å². The van der Waals surface area contributed by atoms with Crippen molar-refractivity contribution in [3.8, 4) is 0 Å². The molecule has 1 atom stereocenters. The molecule has 0 spiro atoms. The standard InChI is InChI=1S/C13H21IN4/c1-10(2)7-18(8-11-4-3-5-16-11)13-12(14)6-15-9-17-13/h6,9-11,16H,3-5,7-8H2,1-2H3. The molecule has 1 unspecified atom stereocenters. The zero-order chi connectivity index (χ0) is 13.0. The Morgan fingerprint density at radius 2 is 2.39 bits per heavy atom. The van der Waals surface area contributed by atoms with E-state index in [0.717, 1.165) is 29.0 Å². The van der Waals surface area contributed by atoms with Gasteiger partial charge in [0.05, 0.1) is 3.57 Å². The Kier molecular flexibility index (Phi) is 5.17. The van der Waals surface area contributed by atoms with Crippen LogP contribution in [0.15, 0.2) is 12.5 Å². The molecule has 0 aromatic carbocycles. The van der Waals surface area contributed by atoms with Crippen LogP contribution >= 0.6 is 22.6 Å². The Balaban J connectivity index is 2.11. The van der Waals surface area contributed by atoms with Crippen LogP contribution in [0, 0.1) is 9.49 Å². The van der Waals surface area contributed by atoms with Gasteiger partial charge in [-0.1, -0.05) is 13.8 Å². The molecule has 0 amide bonds. The number of hydrogen-bond acceptors (Lipinski definition) is 4. The average Bonchev–Trinajstić information content (AvgIpc) is 2.81. The molecule has 0 saturated carbocycles. The van der Waals surface area contributed by atoms with Crippen LogP contribution in [0.25, 0.3) is 0 Å². The van der Waals surface area contributed by atoms with Gasteiger partial charge in [-0.2, -0.15) is 0 Å². The van der Waals surface area contributed by atoms with E-state index < -0.39 is 0 Å². The first kappa shape index (κ1) is 14.0. The fourth-order valence-corrected chi connectivity index (χ4v) is 3.05. The lowest BCUT2D eigenvalue weighted by molar-refractivity contribution is 0.536. The first-order chi connectivity index (χ1) is 8.66. The van der Waals surface area contributed by atoms with Crippen molar-refractivity contribution in [3.63, 3.8) is 0 Å². The summed E-state index contributed by atoms with van der Waals surface area (Å²) in [6.07, 6.45) is 6.10. The molecule has 5 heteroatoms. The Morgan fingerprint density at radius 1 is 1.56 bits per heavy atom. The summed E-state index contributed by atoms with van der Waals surface area (Å²) in [6.45, 7) is 7.75. The fourth-order valence-electron chi connectivity index (χ4n) is 2.41. The molecule has 2 rings (SSSR count). The molecule has 4 nitrogen and oxygen atoms in total. The van der Waals surface area contributed by atoms with Gasteiger partial charge >= 0.3 is 0 Å². The Bertz CT molecular complexity index is 377. The van der Waals surface area contributed by atoms with E-state index in [9.17, 15) is 0 Å². The Hall–Kier alpha value is -0.430. The molecule has 1 N–H and O–H groups in total. The highest BCUT2D eigenvalue weighted by Crippen LogP contribution is 2.21. The van der Waals surface area contributed by atoms with Crippen LogP contribution in [0.3, 0.4) is 0 Å². The molecule has 0 bridgehead atoms. The van der Waals surface area contributed by atoms with E-state index in [1.807, 2.05) is 6.20 Å². The van der Waals surface area contributed by atoms with Gasteiger partial charge in [-0.15, -0.1) is 0 Å². The van der Waals surface area contributed by atoms with Gasteiger partial charge in [-0.3, -0.25) is 0 Å². The van der Waals surface area contributed by atoms with Gasteiger partial charge in [0.1, 0.15) is 12.1 Å². The van der Waals surface area contributed by atoms with E-state index in [4.69, 9.17) is 0 Å². The van der Waals surface area contributed by atoms with Gasteiger partial charge < -0.3 is 10.2 Å². The lowest BCUT2D eigenvalue weighted by atomic mass is 10.1. The maximum atomic E-state index is 4.45. The minimum Gasteiger partial charge on any atom is -0.354 e. The van der Waals surface area contributed by atoms with Gasteiger partial charge in [0, 0.05) is 25.3 Å². The van der Waals surface area contributed by atoms with Gasteiger partial charge in [-0.05, 0) is 47.9 Å². The van der Waals surface area contributed by atoms with Gasteiger partial charge in [0.2, 0.25) is 0 Å². The minimum atomic E-state index is 0.606. The second-order valence-corrected chi connectivity index (χ2v) is 6.45.